The zero-order valence-electron chi connectivity index (χ0n) is 12.0. The molecule has 2 rings (SSSR count). The zero-order valence-corrected chi connectivity index (χ0v) is 12.0. The summed E-state index contributed by atoms with van der Waals surface area (Å²) < 4.78 is 5.50. The monoisotopic (exact) mass is 291 g/mol. The van der Waals surface area contributed by atoms with E-state index in [1.165, 1.54) is 12.4 Å². The highest BCUT2D eigenvalue weighted by atomic mass is 16.6. The molecule has 8 nitrogen and oxygen atoms in total. The molecule has 2 aromatic rings. The Morgan fingerprint density at radius 2 is 2.14 bits per heavy atom. The lowest BCUT2D eigenvalue weighted by atomic mass is 10.2. The molecule has 0 bridgehead atoms. The van der Waals surface area contributed by atoms with Crippen LogP contribution in [0.3, 0.4) is 0 Å². The molecule has 0 spiro atoms. The predicted molar refractivity (Wildman–Crippen MR) is 77.3 cm³/mol. The van der Waals surface area contributed by atoms with E-state index in [4.69, 9.17) is 4.74 Å². The van der Waals surface area contributed by atoms with Crippen LogP contribution in [-0.4, -0.2) is 26.2 Å². The fourth-order valence-corrected chi connectivity index (χ4v) is 1.84. The van der Waals surface area contributed by atoms with E-state index in [1.807, 2.05) is 20.8 Å². The number of nitrogens with zero attached hydrogens (tertiary/aromatic N) is 3. The molecule has 0 aliphatic carbocycles. The molecule has 112 valence electrons. The standard InChI is InChI=1S/C13H17N5O3/c1-8(2)21-12-6-10(4-5-11(12)18(19)20)16-9(3)13-14-7-15-17-13/h4-9,16H,1-3H3,(H,14,15,17). The van der Waals surface area contributed by atoms with Crippen LogP contribution in [0.25, 0.3) is 0 Å². The summed E-state index contributed by atoms with van der Waals surface area (Å²) in [6, 6.07) is 4.57. The molecule has 2 N–H and O–H groups in total. The van der Waals surface area contributed by atoms with Crippen LogP contribution < -0.4 is 10.1 Å². The molecule has 0 radical (unpaired) electrons. The highest BCUT2D eigenvalue weighted by Crippen LogP contribution is 2.32. The van der Waals surface area contributed by atoms with Gasteiger partial charge in [-0.1, -0.05) is 0 Å². The van der Waals surface area contributed by atoms with Crippen molar-refractivity contribution in [2.45, 2.75) is 32.9 Å². The Kier molecular flexibility index (Phi) is 4.36. The van der Waals surface area contributed by atoms with Gasteiger partial charge in [0.25, 0.3) is 0 Å². The van der Waals surface area contributed by atoms with Crippen LogP contribution in [0, 0.1) is 10.1 Å². The largest absolute Gasteiger partial charge is 0.484 e. The third-order valence-corrected chi connectivity index (χ3v) is 2.75. The zero-order chi connectivity index (χ0) is 15.4. The number of nitrogens with one attached hydrogen (secondary N) is 2. The molecule has 1 aromatic heterocycles. The molecule has 1 atom stereocenters. The highest BCUT2D eigenvalue weighted by Gasteiger charge is 2.18. The third kappa shape index (κ3) is 3.68. The number of rotatable bonds is 6. The second kappa shape index (κ2) is 6.21. The maximum atomic E-state index is 11.0. The van der Waals surface area contributed by atoms with Gasteiger partial charge in [0.05, 0.1) is 17.1 Å². The van der Waals surface area contributed by atoms with Crippen molar-refractivity contribution in [1.82, 2.24) is 15.2 Å². The first kappa shape index (κ1) is 14.8. The number of H-pyrrole nitrogens is 1. The van der Waals surface area contributed by atoms with Crippen molar-refractivity contribution in [3.63, 3.8) is 0 Å². The summed E-state index contributed by atoms with van der Waals surface area (Å²) in [5, 5.41) is 20.8. The van der Waals surface area contributed by atoms with Crippen LogP contribution in [0.5, 0.6) is 5.75 Å². The van der Waals surface area contributed by atoms with Crippen LogP contribution in [0.2, 0.25) is 0 Å². The van der Waals surface area contributed by atoms with Crippen LogP contribution >= 0.6 is 0 Å². The minimum absolute atomic E-state index is 0.0541. The first-order chi connectivity index (χ1) is 9.97. The van der Waals surface area contributed by atoms with Gasteiger partial charge in [-0.05, 0) is 26.8 Å². The molecule has 0 saturated carbocycles. The van der Waals surface area contributed by atoms with E-state index in [1.54, 1.807) is 12.1 Å². The van der Waals surface area contributed by atoms with Gasteiger partial charge in [0.1, 0.15) is 12.2 Å². The topological polar surface area (TPSA) is 106 Å². The summed E-state index contributed by atoms with van der Waals surface area (Å²) in [7, 11) is 0. The van der Waals surface area contributed by atoms with E-state index < -0.39 is 4.92 Å². The molecule has 0 fully saturated rings. The molecule has 8 heteroatoms. The predicted octanol–water partition coefficient (Wildman–Crippen LogP) is 2.67. The first-order valence-corrected chi connectivity index (χ1v) is 6.54. The van der Waals surface area contributed by atoms with Gasteiger partial charge in [-0.15, -0.1) is 0 Å². The van der Waals surface area contributed by atoms with Crippen molar-refractivity contribution in [1.29, 1.82) is 0 Å². The number of anilines is 1. The lowest BCUT2D eigenvalue weighted by Crippen LogP contribution is -2.10. The number of ether oxygens (including phenoxy) is 1. The lowest BCUT2D eigenvalue weighted by molar-refractivity contribution is -0.386. The third-order valence-electron chi connectivity index (χ3n) is 2.75. The molecule has 0 amide bonds. The number of nitro groups is 1. The van der Waals surface area contributed by atoms with Gasteiger partial charge >= 0.3 is 5.69 Å². The average Bonchev–Trinajstić information content (AvgIpc) is 2.91. The summed E-state index contributed by atoms with van der Waals surface area (Å²) in [5.74, 6) is 0.921. The molecule has 1 unspecified atom stereocenters. The minimum atomic E-state index is -0.457. The van der Waals surface area contributed by atoms with Gasteiger partial charge in [0.2, 0.25) is 0 Å². The molecule has 1 aromatic carbocycles. The molecule has 1 heterocycles. The van der Waals surface area contributed by atoms with E-state index in [2.05, 4.69) is 20.5 Å². The van der Waals surface area contributed by atoms with Gasteiger partial charge in [-0.2, -0.15) is 5.10 Å². The summed E-state index contributed by atoms with van der Waals surface area (Å²) >= 11 is 0. The molecular formula is C13H17N5O3. The molecule has 0 aliphatic rings. The second-order valence-electron chi connectivity index (χ2n) is 4.84. The molecule has 0 saturated heterocycles. The van der Waals surface area contributed by atoms with Crippen LogP contribution in [0.15, 0.2) is 24.5 Å². The van der Waals surface area contributed by atoms with E-state index in [0.717, 1.165) is 0 Å². The smallest absolute Gasteiger partial charge is 0.311 e. The average molecular weight is 291 g/mol. The summed E-state index contributed by atoms with van der Waals surface area (Å²) in [6.07, 6.45) is 1.28. The molecule has 0 aliphatic heterocycles. The normalized spacial score (nSPS) is 12.2. The Labute approximate surface area is 121 Å². The Morgan fingerprint density at radius 3 is 2.71 bits per heavy atom. The SMILES string of the molecule is CC(C)Oc1cc(NC(C)c2ncn[nH]2)ccc1[N+](=O)[O-]. The van der Waals surface area contributed by atoms with E-state index in [0.29, 0.717) is 11.5 Å². The van der Waals surface area contributed by atoms with Gasteiger partial charge in [0.15, 0.2) is 5.75 Å². The lowest BCUT2D eigenvalue weighted by Gasteiger charge is -2.15. The second-order valence-corrected chi connectivity index (χ2v) is 4.84. The highest BCUT2D eigenvalue weighted by molar-refractivity contribution is 5.58. The maximum absolute atomic E-state index is 11.0. The van der Waals surface area contributed by atoms with Crippen molar-refractivity contribution in [3.8, 4) is 5.75 Å². The Hall–Kier alpha value is -2.64. The van der Waals surface area contributed by atoms with E-state index in [9.17, 15) is 10.1 Å². The number of aromatic nitrogens is 3. The summed E-state index contributed by atoms with van der Waals surface area (Å²) in [5.41, 5.74) is 0.654. The van der Waals surface area contributed by atoms with Gasteiger partial charge < -0.3 is 10.1 Å². The van der Waals surface area contributed by atoms with Crippen molar-refractivity contribution in [2.24, 2.45) is 0 Å². The van der Waals surface area contributed by atoms with Crippen molar-refractivity contribution >= 4 is 11.4 Å². The Bertz CT molecular complexity index is 612. The van der Waals surface area contributed by atoms with Crippen LogP contribution in [-0.2, 0) is 0 Å². The Morgan fingerprint density at radius 1 is 1.38 bits per heavy atom. The Balaban J connectivity index is 2.22. The number of hydrogen-bond acceptors (Lipinski definition) is 6. The number of hydrogen-bond donors (Lipinski definition) is 2. The number of nitro benzene ring substituents is 1. The fourth-order valence-electron chi connectivity index (χ4n) is 1.84. The van der Waals surface area contributed by atoms with Gasteiger partial charge in [-0.3, -0.25) is 15.2 Å². The molecule has 21 heavy (non-hydrogen) atoms. The van der Waals surface area contributed by atoms with Gasteiger partial charge in [0, 0.05) is 17.8 Å². The summed E-state index contributed by atoms with van der Waals surface area (Å²) in [6.45, 7) is 5.55. The minimum Gasteiger partial charge on any atom is -0.484 e. The number of aromatic amines is 1. The van der Waals surface area contributed by atoms with Crippen molar-refractivity contribution in [2.75, 3.05) is 5.32 Å². The van der Waals surface area contributed by atoms with Gasteiger partial charge in [-0.25, -0.2) is 4.98 Å². The van der Waals surface area contributed by atoms with Crippen molar-refractivity contribution in [3.05, 3.63) is 40.5 Å². The molecular weight excluding hydrogens is 274 g/mol. The van der Waals surface area contributed by atoms with Crippen molar-refractivity contribution < 1.29 is 9.66 Å². The van der Waals surface area contributed by atoms with E-state index >= 15 is 0 Å². The van der Waals surface area contributed by atoms with Crippen LogP contribution in [0.4, 0.5) is 11.4 Å². The number of benzene rings is 1. The van der Waals surface area contributed by atoms with Crippen LogP contribution in [0.1, 0.15) is 32.6 Å². The quantitative estimate of drug-likeness (QED) is 0.626. The maximum Gasteiger partial charge on any atom is 0.311 e. The van der Waals surface area contributed by atoms with E-state index in [-0.39, 0.29) is 23.6 Å². The first-order valence-electron chi connectivity index (χ1n) is 6.54. The summed E-state index contributed by atoms with van der Waals surface area (Å²) in [4.78, 5) is 14.6. The fraction of sp³-hybridized carbons (Fsp3) is 0.385.